The smallest absolute Gasteiger partial charge is 0.152 e. The van der Waals surface area contributed by atoms with Gasteiger partial charge < -0.3 is 5.32 Å². The second-order valence-corrected chi connectivity index (χ2v) is 5.40. The maximum atomic E-state index is 4.58. The third-order valence-corrected chi connectivity index (χ3v) is 4.00. The number of rotatable bonds is 5. The van der Waals surface area contributed by atoms with Gasteiger partial charge in [-0.15, -0.1) is 0 Å². The second kappa shape index (κ2) is 6.04. The highest BCUT2D eigenvalue weighted by Gasteiger charge is 2.23. The van der Waals surface area contributed by atoms with Crippen LogP contribution in [0.5, 0.6) is 0 Å². The van der Waals surface area contributed by atoms with Crippen LogP contribution in [0.25, 0.3) is 11.3 Å². The van der Waals surface area contributed by atoms with Crippen LogP contribution in [0.3, 0.4) is 0 Å². The quantitative estimate of drug-likeness (QED) is 0.880. The second-order valence-electron chi connectivity index (χ2n) is 5.40. The summed E-state index contributed by atoms with van der Waals surface area (Å²) in [4.78, 5) is 9.04. The molecule has 0 aliphatic heterocycles. The van der Waals surface area contributed by atoms with Crippen molar-refractivity contribution >= 4 is 5.82 Å². The van der Waals surface area contributed by atoms with Gasteiger partial charge in [-0.1, -0.05) is 37.6 Å². The van der Waals surface area contributed by atoms with E-state index in [0.29, 0.717) is 5.92 Å². The molecule has 3 heteroatoms. The van der Waals surface area contributed by atoms with E-state index in [1.165, 1.54) is 30.4 Å². The zero-order chi connectivity index (χ0) is 13.8. The number of hydrogen-bond acceptors (Lipinski definition) is 3. The molecule has 0 amide bonds. The molecule has 0 atom stereocenters. The van der Waals surface area contributed by atoms with E-state index in [4.69, 9.17) is 0 Å². The first-order valence-electron chi connectivity index (χ1n) is 7.54. The first-order chi connectivity index (χ1) is 9.90. The summed E-state index contributed by atoms with van der Waals surface area (Å²) in [5.41, 5.74) is 3.66. The van der Waals surface area contributed by atoms with Crippen LogP contribution in [0, 0.1) is 0 Å². The van der Waals surface area contributed by atoms with Crippen LogP contribution in [0.1, 0.15) is 44.1 Å². The van der Waals surface area contributed by atoms with Crippen molar-refractivity contribution in [3.8, 4) is 11.3 Å². The molecule has 3 rings (SSSR count). The van der Waals surface area contributed by atoms with Gasteiger partial charge in [-0.3, -0.25) is 4.98 Å². The molecular weight excluding hydrogens is 246 g/mol. The molecule has 104 valence electrons. The van der Waals surface area contributed by atoms with E-state index >= 15 is 0 Å². The van der Waals surface area contributed by atoms with Crippen molar-refractivity contribution in [2.24, 2.45) is 0 Å². The molecule has 1 aliphatic rings. The van der Waals surface area contributed by atoms with Gasteiger partial charge in [-0.05, 0) is 30.7 Å². The largest absolute Gasteiger partial charge is 0.368 e. The summed E-state index contributed by atoms with van der Waals surface area (Å²) in [5, 5.41) is 3.39. The molecule has 1 fully saturated rings. The number of nitrogens with one attached hydrogen (secondary N) is 1. The van der Waals surface area contributed by atoms with E-state index in [0.717, 1.165) is 24.5 Å². The molecule has 3 nitrogen and oxygen atoms in total. The number of aromatic nitrogens is 2. The highest BCUT2D eigenvalue weighted by Crippen LogP contribution is 2.41. The van der Waals surface area contributed by atoms with Crippen LogP contribution in [0.2, 0.25) is 0 Å². The lowest BCUT2D eigenvalue weighted by molar-refractivity contribution is 0.420. The minimum Gasteiger partial charge on any atom is -0.368 e. The summed E-state index contributed by atoms with van der Waals surface area (Å²) in [6, 6.07) is 8.65. The van der Waals surface area contributed by atoms with Crippen LogP contribution in [0.4, 0.5) is 5.82 Å². The van der Waals surface area contributed by atoms with Gasteiger partial charge in [0.25, 0.3) is 0 Å². The molecule has 0 unspecified atom stereocenters. The summed E-state index contributed by atoms with van der Waals surface area (Å²) in [5.74, 6) is 1.60. The van der Waals surface area contributed by atoms with E-state index in [1.807, 2.05) is 0 Å². The molecule has 1 N–H and O–H groups in total. The number of benzene rings is 1. The molecule has 1 saturated carbocycles. The van der Waals surface area contributed by atoms with Crippen LogP contribution < -0.4 is 5.32 Å². The Hall–Kier alpha value is -1.90. The Bertz CT molecular complexity index is 576. The highest BCUT2D eigenvalue weighted by atomic mass is 15.0. The van der Waals surface area contributed by atoms with Crippen LogP contribution >= 0.6 is 0 Å². The van der Waals surface area contributed by atoms with Crippen molar-refractivity contribution in [2.75, 3.05) is 11.9 Å². The molecule has 1 heterocycles. The van der Waals surface area contributed by atoms with Gasteiger partial charge >= 0.3 is 0 Å². The van der Waals surface area contributed by atoms with Crippen LogP contribution in [0.15, 0.2) is 36.7 Å². The zero-order valence-electron chi connectivity index (χ0n) is 12.0. The molecule has 0 spiro atoms. The normalized spacial score (nSPS) is 14.8. The van der Waals surface area contributed by atoms with Crippen molar-refractivity contribution in [3.05, 3.63) is 42.2 Å². The number of anilines is 1. The minimum absolute atomic E-state index is 0.701. The summed E-state index contributed by atoms with van der Waals surface area (Å²) in [6.07, 6.45) is 8.57. The van der Waals surface area contributed by atoms with Gasteiger partial charge in [0.1, 0.15) is 5.69 Å². The van der Waals surface area contributed by atoms with Crippen molar-refractivity contribution < 1.29 is 0 Å². The Morgan fingerprint density at radius 3 is 2.70 bits per heavy atom. The Morgan fingerprint density at radius 1 is 1.15 bits per heavy atom. The van der Waals surface area contributed by atoms with E-state index in [9.17, 15) is 0 Å². The molecule has 1 aromatic heterocycles. The monoisotopic (exact) mass is 267 g/mol. The summed E-state index contributed by atoms with van der Waals surface area (Å²) >= 11 is 0. The minimum atomic E-state index is 0.701. The van der Waals surface area contributed by atoms with E-state index in [2.05, 4.69) is 46.5 Å². The van der Waals surface area contributed by atoms with E-state index in [-0.39, 0.29) is 0 Å². The van der Waals surface area contributed by atoms with Crippen molar-refractivity contribution in [3.63, 3.8) is 0 Å². The lowest BCUT2D eigenvalue weighted by atomic mass is 9.78. The fourth-order valence-electron chi connectivity index (χ4n) is 2.70. The number of hydrogen-bond donors (Lipinski definition) is 1. The van der Waals surface area contributed by atoms with E-state index < -0.39 is 0 Å². The SMILES string of the molecule is CCCNc1nccnc1-c1ccccc1C1CCC1. The Morgan fingerprint density at radius 2 is 1.95 bits per heavy atom. The molecule has 0 radical (unpaired) electrons. The third-order valence-electron chi connectivity index (χ3n) is 4.00. The summed E-state index contributed by atoms with van der Waals surface area (Å²) in [6.45, 7) is 3.09. The molecule has 1 aromatic carbocycles. The topological polar surface area (TPSA) is 37.8 Å². The highest BCUT2D eigenvalue weighted by molar-refractivity contribution is 5.74. The third kappa shape index (κ3) is 2.53. The van der Waals surface area contributed by atoms with Gasteiger partial charge in [0.15, 0.2) is 5.82 Å². The van der Waals surface area contributed by atoms with Gasteiger partial charge in [-0.25, -0.2) is 4.98 Å². The van der Waals surface area contributed by atoms with Crippen molar-refractivity contribution in [1.82, 2.24) is 9.97 Å². The fourth-order valence-corrected chi connectivity index (χ4v) is 2.70. The zero-order valence-corrected chi connectivity index (χ0v) is 12.0. The molecule has 0 saturated heterocycles. The van der Waals surface area contributed by atoms with Gasteiger partial charge in [0.2, 0.25) is 0 Å². The lowest BCUT2D eigenvalue weighted by Crippen LogP contribution is -2.11. The van der Waals surface area contributed by atoms with Crippen LogP contribution in [-0.4, -0.2) is 16.5 Å². The molecule has 1 aliphatic carbocycles. The maximum absolute atomic E-state index is 4.58. The fraction of sp³-hybridized carbons (Fsp3) is 0.412. The summed E-state index contributed by atoms with van der Waals surface area (Å²) in [7, 11) is 0. The first kappa shape index (κ1) is 13.1. The average Bonchev–Trinajstić information content (AvgIpc) is 2.44. The lowest BCUT2D eigenvalue weighted by Gasteiger charge is -2.28. The first-order valence-corrected chi connectivity index (χ1v) is 7.54. The molecule has 20 heavy (non-hydrogen) atoms. The average molecular weight is 267 g/mol. The van der Waals surface area contributed by atoms with Crippen molar-refractivity contribution in [2.45, 2.75) is 38.5 Å². The molecule has 2 aromatic rings. The molecule has 0 bridgehead atoms. The van der Waals surface area contributed by atoms with Gasteiger partial charge in [-0.2, -0.15) is 0 Å². The van der Waals surface area contributed by atoms with Gasteiger partial charge in [0.05, 0.1) is 0 Å². The summed E-state index contributed by atoms with van der Waals surface area (Å²) < 4.78 is 0. The Labute approximate surface area is 120 Å². The van der Waals surface area contributed by atoms with Crippen molar-refractivity contribution in [1.29, 1.82) is 0 Å². The Balaban J connectivity index is 2.00. The molecular formula is C17H21N3. The maximum Gasteiger partial charge on any atom is 0.152 e. The van der Waals surface area contributed by atoms with Crippen LogP contribution in [-0.2, 0) is 0 Å². The predicted octanol–water partition coefficient (Wildman–Crippen LogP) is 4.23. The number of nitrogens with zero attached hydrogens (tertiary/aromatic N) is 2. The Kier molecular flexibility index (Phi) is 3.95. The van der Waals surface area contributed by atoms with E-state index in [1.54, 1.807) is 12.4 Å². The standard InChI is InChI=1S/C17H21N3/c1-2-10-19-17-16(18-11-12-20-17)15-9-4-3-8-14(15)13-6-5-7-13/h3-4,8-9,11-13H,2,5-7,10H2,1H3,(H,19,20). The van der Waals surface area contributed by atoms with Gasteiger partial charge in [0, 0.05) is 24.5 Å². The predicted molar refractivity (Wildman–Crippen MR) is 82.8 cm³/mol.